The van der Waals surface area contributed by atoms with E-state index in [1.807, 2.05) is 34.9 Å². The maximum atomic E-state index is 13.4. The van der Waals surface area contributed by atoms with Crippen LogP contribution in [0.3, 0.4) is 0 Å². The van der Waals surface area contributed by atoms with Crippen molar-refractivity contribution in [3.05, 3.63) is 66.6 Å². The zero-order chi connectivity index (χ0) is 22.4. The van der Waals surface area contributed by atoms with Gasteiger partial charge in [-0.1, -0.05) is 12.1 Å². The van der Waals surface area contributed by atoms with Crippen molar-refractivity contribution in [3.8, 4) is 11.5 Å². The molecule has 2 aliphatic heterocycles. The SMILES string of the molecule is O=C(C[C@@H]1C(=O)N(Cc2ccco2)c2nc3ccccc3n21)Nc1ccc2c(c1)OCCO2. The lowest BCUT2D eigenvalue weighted by atomic mass is 10.1. The molecule has 0 bridgehead atoms. The Morgan fingerprint density at radius 2 is 1.91 bits per heavy atom. The van der Waals surface area contributed by atoms with Crippen LogP contribution in [0.5, 0.6) is 11.5 Å². The van der Waals surface area contributed by atoms with Gasteiger partial charge in [0.2, 0.25) is 11.9 Å². The van der Waals surface area contributed by atoms with Gasteiger partial charge in [-0.3, -0.25) is 19.1 Å². The molecule has 0 saturated carbocycles. The van der Waals surface area contributed by atoms with Crippen molar-refractivity contribution in [2.45, 2.75) is 19.0 Å². The first-order chi connectivity index (χ1) is 16.2. The summed E-state index contributed by atoms with van der Waals surface area (Å²) >= 11 is 0. The quantitative estimate of drug-likeness (QED) is 0.506. The smallest absolute Gasteiger partial charge is 0.253 e. The van der Waals surface area contributed by atoms with Crippen molar-refractivity contribution < 1.29 is 23.5 Å². The third-order valence-electron chi connectivity index (χ3n) is 5.78. The van der Waals surface area contributed by atoms with Crippen molar-refractivity contribution in [2.75, 3.05) is 23.4 Å². The number of hydrogen-bond donors (Lipinski definition) is 1. The van der Waals surface area contributed by atoms with Crippen molar-refractivity contribution in [2.24, 2.45) is 0 Å². The number of aromatic nitrogens is 2. The summed E-state index contributed by atoms with van der Waals surface area (Å²) in [5.41, 5.74) is 2.15. The number of carbonyl (C=O) groups is 2. The Labute approximate surface area is 188 Å². The zero-order valence-corrected chi connectivity index (χ0v) is 17.6. The second-order valence-electron chi connectivity index (χ2n) is 7.90. The number of para-hydroxylation sites is 2. The van der Waals surface area contributed by atoms with Crippen LogP contribution in [-0.4, -0.2) is 34.6 Å². The minimum absolute atomic E-state index is 0.0325. The Balaban J connectivity index is 1.28. The number of fused-ring (bicyclic) bond motifs is 4. The lowest BCUT2D eigenvalue weighted by molar-refractivity contribution is -0.124. The molecule has 2 aromatic carbocycles. The topological polar surface area (TPSA) is 98.8 Å². The fourth-order valence-electron chi connectivity index (χ4n) is 4.31. The van der Waals surface area contributed by atoms with E-state index in [1.165, 1.54) is 0 Å². The molecule has 2 aliphatic rings. The molecule has 0 saturated heterocycles. The standard InChI is InChI=1S/C24H20N4O5/c29-22(25-15-7-8-20-21(12-15)33-11-10-32-20)13-19-23(30)27(14-16-4-3-9-31-16)24-26-17-5-1-2-6-18(17)28(19)24/h1-9,12,19H,10-11,13-14H2,(H,25,29)/t19-/m1/s1. The highest BCUT2D eigenvalue weighted by molar-refractivity contribution is 6.05. The first-order valence-electron chi connectivity index (χ1n) is 10.7. The molecule has 0 unspecified atom stereocenters. The number of rotatable bonds is 5. The van der Waals surface area contributed by atoms with Gasteiger partial charge in [-0.05, 0) is 36.4 Å². The molecule has 0 fully saturated rings. The molecule has 0 aliphatic carbocycles. The monoisotopic (exact) mass is 444 g/mol. The van der Waals surface area contributed by atoms with Gasteiger partial charge in [0.15, 0.2) is 11.5 Å². The van der Waals surface area contributed by atoms with Gasteiger partial charge in [0.05, 0.1) is 30.3 Å². The summed E-state index contributed by atoms with van der Waals surface area (Å²) in [7, 11) is 0. The number of benzene rings is 2. The van der Waals surface area contributed by atoms with Gasteiger partial charge in [-0.25, -0.2) is 4.98 Å². The summed E-state index contributed by atoms with van der Waals surface area (Å²) in [5, 5.41) is 2.87. The van der Waals surface area contributed by atoms with Gasteiger partial charge in [0.25, 0.3) is 5.91 Å². The minimum Gasteiger partial charge on any atom is -0.486 e. The number of amides is 2. The zero-order valence-electron chi connectivity index (χ0n) is 17.6. The van der Waals surface area contributed by atoms with E-state index in [0.29, 0.717) is 42.1 Å². The van der Waals surface area contributed by atoms with Gasteiger partial charge in [0.1, 0.15) is 25.0 Å². The molecule has 4 heterocycles. The van der Waals surface area contributed by atoms with Crippen molar-refractivity contribution in [1.82, 2.24) is 9.55 Å². The Bertz CT molecular complexity index is 1360. The molecular formula is C24H20N4O5. The van der Waals surface area contributed by atoms with Crippen LogP contribution in [0.1, 0.15) is 18.2 Å². The molecule has 166 valence electrons. The third kappa shape index (κ3) is 3.38. The van der Waals surface area contributed by atoms with E-state index in [1.54, 1.807) is 35.4 Å². The van der Waals surface area contributed by atoms with Crippen LogP contribution in [0.4, 0.5) is 11.6 Å². The van der Waals surface area contributed by atoms with Crippen LogP contribution in [0.2, 0.25) is 0 Å². The Morgan fingerprint density at radius 1 is 1.06 bits per heavy atom. The molecular weight excluding hydrogens is 424 g/mol. The summed E-state index contributed by atoms with van der Waals surface area (Å²) in [6.45, 7) is 1.20. The number of imidazole rings is 1. The lowest BCUT2D eigenvalue weighted by Crippen LogP contribution is -2.31. The van der Waals surface area contributed by atoms with E-state index in [-0.39, 0.29) is 24.8 Å². The molecule has 9 nitrogen and oxygen atoms in total. The molecule has 0 spiro atoms. The Hall–Kier alpha value is -4.27. The largest absolute Gasteiger partial charge is 0.486 e. The first-order valence-corrected chi connectivity index (χ1v) is 10.7. The molecule has 33 heavy (non-hydrogen) atoms. The van der Waals surface area contributed by atoms with Gasteiger partial charge in [-0.2, -0.15) is 0 Å². The average molecular weight is 444 g/mol. The predicted molar refractivity (Wildman–Crippen MR) is 119 cm³/mol. The number of furan rings is 1. The van der Waals surface area contributed by atoms with E-state index in [4.69, 9.17) is 13.9 Å². The number of carbonyl (C=O) groups excluding carboxylic acids is 2. The van der Waals surface area contributed by atoms with Crippen LogP contribution in [-0.2, 0) is 16.1 Å². The maximum Gasteiger partial charge on any atom is 0.253 e. The third-order valence-corrected chi connectivity index (χ3v) is 5.78. The fourth-order valence-corrected chi connectivity index (χ4v) is 4.31. The number of anilines is 2. The van der Waals surface area contributed by atoms with E-state index in [0.717, 1.165) is 11.0 Å². The first kappa shape index (κ1) is 19.4. The van der Waals surface area contributed by atoms with Gasteiger partial charge < -0.3 is 19.2 Å². The van der Waals surface area contributed by atoms with Crippen molar-refractivity contribution in [1.29, 1.82) is 0 Å². The van der Waals surface area contributed by atoms with Crippen LogP contribution < -0.4 is 19.7 Å². The molecule has 1 atom stereocenters. The van der Waals surface area contributed by atoms with E-state index >= 15 is 0 Å². The molecule has 6 rings (SSSR count). The van der Waals surface area contributed by atoms with E-state index < -0.39 is 6.04 Å². The highest BCUT2D eigenvalue weighted by Gasteiger charge is 2.41. The molecule has 2 amide bonds. The van der Waals surface area contributed by atoms with Crippen molar-refractivity contribution >= 4 is 34.5 Å². The van der Waals surface area contributed by atoms with Crippen LogP contribution in [0, 0.1) is 0 Å². The number of ether oxygens (including phenoxy) is 2. The van der Waals surface area contributed by atoms with E-state index in [9.17, 15) is 9.59 Å². The predicted octanol–water partition coefficient (Wildman–Crippen LogP) is 3.52. The summed E-state index contributed by atoms with van der Waals surface area (Å²) in [6.07, 6.45) is 1.53. The van der Waals surface area contributed by atoms with E-state index in [2.05, 4.69) is 10.3 Å². The van der Waals surface area contributed by atoms with Crippen LogP contribution in [0.25, 0.3) is 11.0 Å². The fraction of sp³-hybridized carbons (Fsp3) is 0.208. The van der Waals surface area contributed by atoms with Crippen molar-refractivity contribution in [3.63, 3.8) is 0 Å². The van der Waals surface area contributed by atoms with Gasteiger partial charge in [-0.15, -0.1) is 0 Å². The molecule has 0 radical (unpaired) electrons. The number of hydrogen-bond acceptors (Lipinski definition) is 6. The molecule has 2 aromatic heterocycles. The summed E-state index contributed by atoms with van der Waals surface area (Å²) in [5.74, 6) is 1.90. The second-order valence-corrected chi connectivity index (χ2v) is 7.90. The minimum atomic E-state index is -0.709. The lowest BCUT2D eigenvalue weighted by Gasteiger charge is -2.19. The van der Waals surface area contributed by atoms with Gasteiger partial charge in [0, 0.05) is 11.8 Å². The number of nitrogens with one attached hydrogen (secondary N) is 1. The average Bonchev–Trinajstić information content (AvgIpc) is 3.53. The Morgan fingerprint density at radius 3 is 2.76 bits per heavy atom. The highest BCUT2D eigenvalue weighted by atomic mass is 16.6. The van der Waals surface area contributed by atoms with Crippen LogP contribution in [0.15, 0.2) is 65.3 Å². The maximum absolute atomic E-state index is 13.4. The second kappa shape index (κ2) is 7.70. The number of nitrogens with zero attached hydrogens (tertiary/aromatic N) is 3. The molecule has 1 N–H and O–H groups in total. The summed E-state index contributed by atoms with van der Waals surface area (Å²) in [6, 6.07) is 15.7. The highest BCUT2D eigenvalue weighted by Crippen LogP contribution is 2.38. The summed E-state index contributed by atoms with van der Waals surface area (Å²) in [4.78, 5) is 32.6. The normalized spacial score (nSPS) is 16.8. The van der Waals surface area contributed by atoms with Crippen LogP contribution >= 0.6 is 0 Å². The van der Waals surface area contributed by atoms with Gasteiger partial charge >= 0.3 is 0 Å². The molecule has 9 heteroatoms. The summed E-state index contributed by atoms with van der Waals surface area (Å²) < 4.78 is 18.4. The Kier molecular flexibility index (Phi) is 4.53. The molecule has 4 aromatic rings.